The van der Waals surface area contributed by atoms with Crippen molar-refractivity contribution in [3.63, 3.8) is 0 Å². The van der Waals surface area contributed by atoms with Gasteiger partial charge in [-0.15, -0.1) is 23.1 Å². The molecule has 1 fully saturated rings. The number of oxime groups is 1. The average Bonchev–Trinajstić information content (AvgIpc) is 3.28. The van der Waals surface area contributed by atoms with Gasteiger partial charge in [0, 0.05) is 28.8 Å². The zero-order valence-electron chi connectivity index (χ0n) is 20.1. The Bertz CT molecular complexity index is 1330. The van der Waals surface area contributed by atoms with Crippen LogP contribution in [-0.2, 0) is 30.6 Å². The van der Waals surface area contributed by atoms with Crippen LogP contribution in [0.3, 0.4) is 0 Å². The van der Waals surface area contributed by atoms with Crippen LogP contribution < -0.4 is 15.6 Å². The van der Waals surface area contributed by atoms with Gasteiger partial charge in [-0.05, 0) is 13.8 Å². The lowest BCUT2D eigenvalue weighted by molar-refractivity contribution is -0.689. The van der Waals surface area contributed by atoms with E-state index in [0.717, 1.165) is 11.3 Å². The van der Waals surface area contributed by atoms with Gasteiger partial charge >= 0.3 is 11.9 Å². The van der Waals surface area contributed by atoms with E-state index in [0.29, 0.717) is 17.9 Å². The Balaban J connectivity index is 0.00000400. The number of rotatable bonds is 9. The second kappa shape index (κ2) is 11.2. The summed E-state index contributed by atoms with van der Waals surface area (Å²) in [6.07, 6.45) is 3.59. The minimum absolute atomic E-state index is 0. The third-order valence-electron chi connectivity index (χ3n) is 5.55. The van der Waals surface area contributed by atoms with E-state index in [1.165, 1.54) is 35.9 Å². The lowest BCUT2D eigenvalue weighted by Crippen LogP contribution is -2.71. The molecule has 0 spiro atoms. The number of carbonyl (C=O) groups excluding carboxylic acids is 2. The molecule has 16 heteroatoms. The topological polar surface area (TPSA) is 218 Å². The maximum absolute atomic E-state index is 13.1. The number of amides is 2. The Hall–Kier alpha value is -4.02. The number of pyridine rings is 1. The van der Waals surface area contributed by atoms with E-state index < -0.39 is 40.8 Å². The van der Waals surface area contributed by atoms with Gasteiger partial charge in [0.05, 0.1) is 0 Å². The van der Waals surface area contributed by atoms with E-state index in [1.54, 1.807) is 12.4 Å². The van der Waals surface area contributed by atoms with Crippen LogP contribution in [-0.4, -0.2) is 77.8 Å². The number of β-lactam (4-membered cyclic amide) rings is 1. The quantitative estimate of drug-likeness (QED) is 0.136. The van der Waals surface area contributed by atoms with Crippen molar-refractivity contribution in [3.8, 4) is 0 Å². The monoisotopic (exact) mass is 564 g/mol. The van der Waals surface area contributed by atoms with Crippen molar-refractivity contribution < 1.29 is 44.3 Å². The molecule has 1 saturated heterocycles. The van der Waals surface area contributed by atoms with E-state index in [4.69, 9.17) is 10.6 Å². The molecule has 4 heterocycles. The highest BCUT2D eigenvalue weighted by Gasteiger charge is 2.54. The Morgan fingerprint density at radius 1 is 1.29 bits per heavy atom. The fourth-order valence-corrected chi connectivity index (χ4v) is 5.46. The SMILES string of the molecule is CC(C)(ON=C(C(=O)NC1C(=O)N2C(C(=O)O)=C(C[n+]3ccccc3)CSC12)c1csc(N)n1)C(=O)O.[OH-]. The van der Waals surface area contributed by atoms with Gasteiger partial charge in [0.25, 0.3) is 11.8 Å². The van der Waals surface area contributed by atoms with Crippen LogP contribution in [0.1, 0.15) is 19.5 Å². The predicted octanol–water partition coefficient (Wildman–Crippen LogP) is -0.141. The highest BCUT2D eigenvalue weighted by Crippen LogP contribution is 2.40. The summed E-state index contributed by atoms with van der Waals surface area (Å²) < 4.78 is 1.81. The van der Waals surface area contributed by atoms with Crippen LogP contribution in [0.15, 0.2) is 52.4 Å². The van der Waals surface area contributed by atoms with Crippen LogP contribution in [0.25, 0.3) is 0 Å². The highest BCUT2D eigenvalue weighted by molar-refractivity contribution is 8.00. The number of aromatic nitrogens is 2. The summed E-state index contributed by atoms with van der Waals surface area (Å²) in [5.74, 6) is -3.66. The number of carboxylic acids is 2. The molecule has 38 heavy (non-hydrogen) atoms. The van der Waals surface area contributed by atoms with Crippen LogP contribution >= 0.6 is 23.1 Å². The van der Waals surface area contributed by atoms with Crippen molar-refractivity contribution >= 4 is 57.7 Å². The first kappa shape index (κ1) is 28.5. The molecule has 2 atom stereocenters. The average molecular weight is 565 g/mol. The summed E-state index contributed by atoms with van der Waals surface area (Å²) in [5, 5.41) is 26.3. The number of carbonyl (C=O) groups is 4. The number of thiazole rings is 1. The number of aliphatic carboxylic acids is 2. The zero-order chi connectivity index (χ0) is 26.9. The molecule has 2 aromatic rings. The molecule has 0 radical (unpaired) electrons. The molecule has 202 valence electrons. The molecule has 0 aliphatic carbocycles. The van der Waals surface area contributed by atoms with Gasteiger partial charge < -0.3 is 31.6 Å². The molecule has 0 saturated carbocycles. The number of nitrogens with two attached hydrogens (primary N) is 1. The molecule has 2 unspecified atom stereocenters. The normalized spacial score (nSPS) is 19.2. The summed E-state index contributed by atoms with van der Waals surface area (Å²) in [6.45, 7) is 2.80. The molecular weight excluding hydrogens is 540 g/mol. The zero-order valence-corrected chi connectivity index (χ0v) is 21.7. The van der Waals surface area contributed by atoms with Crippen molar-refractivity contribution in [1.82, 2.24) is 15.2 Å². The molecule has 2 amide bonds. The van der Waals surface area contributed by atoms with Gasteiger partial charge in [0.2, 0.25) is 5.60 Å². The maximum atomic E-state index is 13.1. The van der Waals surface area contributed by atoms with Crippen LogP contribution in [0.5, 0.6) is 0 Å². The third kappa shape index (κ3) is 5.61. The summed E-state index contributed by atoms with van der Waals surface area (Å²) in [6, 6.07) is 4.44. The number of hydrogen-bond donors (Lipinski definition) is 4. The van der Waals surface area contributed by atoms with Crippen molar-refractivity contribution in [1.29, 1.82) is 0 Å². The van der Waals surface area contributed by atoms with E-state index in [1.807, 2.05) is 22.8 Å². The van der Waals surface area contributed by atoms with Crippen LogP contribution in [0.2, 0.25) is 0 Å². The van der Waals surface area contributed by atoms with Crippen LogP contribution in [0, 0.1) is 0 Å². The number of nitrogens with zero attached hydrogens (tertiary/aromatic N) is 4. The summed E-state index contributed by atoms with van der Waals surface area (Å²) in [7, 11) is 0. The van der Waals surface area contributed by atoms with E-state index >= 15 is 0 Å². The van der Waals surface area contributed by atoms with Gasteiger partial charge in [-0.25, -0.2) is 19.1 Å². The fraction of sp³-hybridized carbons (Fsp3) is 0.318. The first-order valence-corrected chi connectivity index (χ1v) is 12.8. The van der Waals surface area contributed by atoms with E-state index in [9.17, 15) is 29.4 Å². The van der Waals surface area contributed by atoms with Crippen molar-refractivity contribution in [3.05, 3.63) is 52.9 Å². The van der Waals surface area contributed by atoms with Gasteiger partial charge in [-0.2, -0.15) is 0 Å². The molecule has 0 bridgehead atoms. The van der Waals surface area contributed by atoms with Gasteiger partial charge in [0.1, 0.15) is 22.8 Å². The predicted molar refractivity (Wildman–Crippen MR) is 134 cm³/mol. The molecule has 4 rings (SSSR count). The largest absolute Gasteiger partial charge is 0.870 e. The second-order valence-electron chi connectivity index (χ2n) is 8.58. The number of hydrogen-bond acceptors (Lipinski definition) is 11. The number of anilines is 1. The minimum Gasteiger partial charge on any atom is -0.870 e. The number of fused-ring (bicyclic) bond motifs is 1. The van der Waals surface area contributed by atoms with Gasteiger partial charge in [0.15, 0.2) is 29.8 Å². The Morgan fingerprint density at radius 3 is 2.55 bits per heavy atom. The molecule has 0 aromatic carbocycles. The first-order valence-electron chi connectivity index (χ1n) is 10.9. The second-order valence-corrected chi connectivity index (χ2v) is 10.6. The van der Waals surface area contributed by atoms with E-state index in [2.05, 4.69) is 15.5 Å². The number of nitrogen functional groups attached to an aromatic ring is 1. The summed E-state index contributed by atoms with van der Waals surface area (Å²) >= 11 is 2.35. The lowest BCUT2D eigenvalue weighted by atomic mass is 10.0. The van der Waals surface area contributed by atoms with Crippen molar-refractivity contribution in [2.45, 2.75) is 37.4 Å². The molecule has 2 aliphatic heterocycles. The van der Waals surface area contributed by atoms with Crippen LogP contribution in [0.4, 0.5) is 5.13 Å². The van der Waals surface area contributed by atoms with Crippen molar-refractivity contribution in [2.75, 3.05) is 11.5 Å². The maximum Gasteiger partial charge on any atom is 0.352 e. The highest BCUT2D eigenvalue weighted by atomic mass is 32.2. The number of carboxylic acid groups (broad SMARTS) is 2. The summed E-state index contributed by atoms with van der Waals surface area (Å²) in [4.78, 5) is 59.9. The standard InChI is InChI=1S/C22H22N6O7S2.H2O/c1-22(2,20(33)34)35-26-13(12-10-37-21(23)24-12)16(29)25-14-17(30)28-15(19(31)32)11(9-36-18(14)28)8-27-6-4-3-5-7-27;/h3-7,10,14,18H,8-9H2,1-2H3,(H4-,23,24,25,29,31,32,33,34);1H2. The number of thioether (sulfide) groups is 1. The molecule has 6 N–H and O–H groups in total. The minimum atomic E-state index is -1.75. The molecular formula is C22H24N6O8S2. The Labute approximate surface area is 224 Å². The number of nitrogens with one attached hydrogen (secondary N) is 1. The third-order valence-corrected chi connectivity index (χ3v) is 7.56. The van der Waals surface area contributed by atoms with E-state index in [-0.39, 0.29) is 27.7 Å². The molecule has 14 nitrogen and oxygen atoms in total. The molecule has 2 aliphatic rings. The summed E-state index contributed by atoms with van der Waals surface area (Å²) in [5.41, 5.74) is 4.04. The first-order chi connectivity index (χ1) is 17.5. The Kier molecular flexibility index (Phi) is 8.38. The smallest absolute Gasteiger partial charge is 0.352 e. The molecule has 2 aromatic heterocycles. The van der Waals surface area contributed by atoms with Crippen molar-refractivity contribution in [2.24, 2.45) is 5.16 Å². The van der Waals surface area contributed by atoms with Gasteiger partial charge in [-0.3, -0.25) is 14.5 Å². The Morgan fingerprint density at radius 2 is 1.97 bits per heavy atom. The van der Waals surface area contributed by atoms with Gasteiger partial charge in [-0.1, -0.05) is 11.2 Å². The fourth-order valence-electron chi connectivity index (χ4n) is 3.57. The lowest BCUT2D eigenvalue weighted by Gasteiger charge is -2.49.